The minimum Gasteiger partial charge on any atom is -0.478 e. The summed E-state index contributed by atoms with van der Waals surface area (Å²) in [6.07, 6.45) is 2.77. The van der Waals surface area contributed by atoms with Crippen LogP contribution in [0, 0.1) is 3.57 Å². The Bertz CT molecular complexity index is 610. The van der Waals surface area contributed by atoms with Gasteiger partial charge in [0.2, 0.25) is 10.0 Å². The maximum atomic E-state index is 12.4. The second kappa shape index (κ2) is 5.37. The quantitative estimate of drug-likeness (QED) is 0.794. The van der Waals surface area contributed by atoms with Crippen LogP contribution in [0.3, 0.4) is 0 Å². The van der Waals surface area contributed by atoms with Crippen molar-refractivity contribution in [2.45, 2.75) is 30.2 Å². The monoisotopic (exact) mass is 395 g/mol. The lowest BCUT2D eigenvalue weighted by molar-refractivity contribution is 0.0695. The van der Waals surface area contributed by atoms with E-state index in [0.29, 0.717) is 3.57 Å². The van der Waals surface area contributed by atoms with Crippen LogP contribution in [-0.2, 0) is 10.0 Å². The number of rotatable bonds is 4. The molecule has 0 aliphatic heterocycles. The molecule has 0 atom stereocenters. The molecule has 5 nitrogen and oxygen atoms in total. The smallest absolute Gasteiger partial charge is 0.336 e. The van der Waals surface area contributed by atoms with Gasteiger partial charge in [0, 0.05) is 16.7 Å². The lowest BCUT2D eigenvalue weighted by Crippen LogP contribution is -2.41. The number of hydrogen-bond donors (Lipinski definition) is 1. The third kappa shape index (κ3) is 2.77. The SMILES string of the molecule is CN(C1CCC1)S(=O)(=O)c1ccc(I)c(C(=O)O)c1. The minimum absolute atomic E-state index is 0.0173. The molecule has 0 bridgehead atoms. The average molecular weight is 395 g/mol. The van der Waals surface area contributed by atoms with Gasteiger partial charge in [0.1, 0.15) is 0 Å². The molecule has 1 aromatic carbocycles. The largest absolute Gasteiger partial charge is 0.478 e. The molecule has 0 unspecified atom stereocenters. The number of nitrogens with zero attached hydrogens (tertiary/aromatic N) is 1. The van der Waals surface area contributed by atoms with E-state index in [1.165, 1.54) is 22.5 Å². The van der Waals surface area contributed by atoms with Crippen LogP contribution < -0.4 is 0 Å². The molecular weight excluding hydrogens is 381 g/mol. The molecule has 104 valence electrons. The highest BCUT2D eigenvalue weighted by Gasteiger charge is 2.32. The van der Waals surface area contributed by atoms with Crippen LogP contribution in [0.4, 0.5) is 0 Å². The summed E-state index contributed by atoms with van der Waals surface area (Å²) >= 11 is 1.88. The number of benzene rings is 1. The Kier molecular flexibility index (Phi) is 4.17. The van der Waals surface area contributed by atoms with E-state index >= 15 is 0 Å². The Balaban J connectivity index is 2.40. The van der Waals surface area contributed by atoms with Crippen molar-refractivity contribution in [2.24, 2.45) is 0 Å². The normalized spacial score (nSPS) is 16.4. The van der Waals surface area contributed by atoms with E-state index < -0.39 is 16.0 Å². The molecule has 0 radical (unpaired) electrons. The van der Waals surface area contributed by atoms with Crippen LogP contribution >= 0.6 is 22.6 Å². The number of carboxylic acids is 1. The molecule has 0 aromatic heterocycles. The maximum absolute atomic E-state index is 12.4. The molecule has 0 amide bonds. The van der Waals surface area contributed by atoms with E-state index in [-0.39, 0.29) is 16.5 Å². The van der Waals surface area contributed by atoms with Gasteiger partial charge in [0.25, 0.3) is 0 Å². The first-order valence-corrected chi connectivity index (χ1v) is 8.37. The zero-order valence-corrected chi connectivity index (χ0v) is 13.3. The fraction of sp³-hybridized carbons (Fsp3) is 0.417. The van der Waals surface area contributed by atoms with E-state index in [0.717, 1.165) is 19.3 Å². The van der Waals surface area contributed by atoms with Gasteiger partial charge in [-0.1, -0.05) is 6.42 Å². The molecule has 2 rings (SSSR count). The van der Waals surface area contributed by atoms with E-state index in [2.05, 4.69) is 0 Å². The van der Waals surface area contributed by atoms with E-state index in [9.17, 15) is 13.2 Å². The third-order valence-electron chi connectivity index (χ3n) is 3.43. The lowest BCUT2D eigenvalue weighted by Gasteiger charge is -2.33. The molecule has 0 heterocycles. The summed E-state index contributed by atoms with van der Waals surface area (Å²) < 4.78 is 26.6. The second-order valence-electron chi connectivity index (χ2n) is 4.55. The van der Waals surface area contributed by atoms with Gasteiger partial charge >= 0.3 is 5.97 Å². The van der Waals surface area contributed by atoms with Gasteiger partial charge in [-0.15, -0.1) is 0 Å². The first kappa shape index (κ1) is 14.7. The van der Waals surface area contributed by atoms with Crippen LogP contribution in [0.25, 0.3) is 0 Å². The topological polar surface area (TPSA) is 74.7 Å². The van der Waals surface area contributed by atoms with E-state index in [1.54, 1.807) is 7.05 Å². The summed E-state index contributed by atoms with van der Waals surface area (Å²) in [7, 11) is -2.05. The van der Waals surface area contributed by atoms with Crippen LogP contribution in [0.15, 0.2) is 23.1 Å². The molecule has 19 heavy (non-hydrogen) atoms. The van der Waals surface area contributed by atoms with Crippen molar-refractivity contribution < 1.29 is 18.3 Å². The van der Waals surface area contributed by atoms with Crippen LogP contribution in [0.5, 0.6) is 0 Å². The van der Waals surface area contributed by atoms with Crippen molar-refractivity contribution >= 4 is 38.6 Å². The number of carboxylic acid groups (broad SMARTS) is 1. The summed E-state index contributed by atoms with van der Waals surface area (Å²) in [6, 6.07) is 4.25. The highest BCUT2D eigenvalue weighted by Crippen LogP contribution is 2.29. The molecule has 1 saturated carbocycles. The highest BCUT2D eigenvalue weighted by atomic mass is 127. The van der Waals surface area contributed by atoms with Gasteiger partial charge in [-0.25, -0.2) is 13.2 Å². The fourth-order valence-electron chi connectivity index (χ4n) is 1.94. The van der Waals surface area contributed by atoms with E-state index in [1.807, 2.05) is 22.6 Å². The zero-order chi connectivity index (χ0) is 14.2. The summed E-state index contributed by atoms with van der Waals surface area (Å²) in [6.45, 7) is 0. The number of carbonyl (C=O) groups is 1. The zero-order valence-electron chi connectivity index (χ0n) is 10.3. The van der Waals surface area contributed by atoms with Crippen LogP contribution in [0.2, 0.25) is 0 Å². The summed E-state index contributed by atoms with van der Waals surface area (Å²) in [5.41, 5.74) is 0.0173. The first-order valence-electron chi connectivity index (χ1n) is 5.85. The molecule has 7 heteroatoms. The molecule has 1 fully saturated rings. The van der Waals surface area contributed by atoms with Gasteiger partial charge < -0.3 is 5.11 Å². The molecule has 1 N–H and O–H groups in total. The Hall–Kier alpha value is -0.670. The van der Waals surface area contributed by atoms with Crippen LogP contribution in [-0.4, -0.2) is 36.9 Å². The molecule has 0 spiro atoms. The Labute approximate surface area is 125 Å². The highest BCUT2D eigenvalue weighted by molar-refractivity contribution is 14.1. The van der Waals surface area contributed by atoms with Crippen molar-refractivity contribution in [1.82, 2.24) is 4.31 Å². The van der Waals surface area contributed by atoms with Gasteiger partial charge in [-0.3, -0.25) is 0 Å². The van der Waals surface area contributed by atoms with Crippen molar-refractivity contribution in [3.05, 3.63) is 27.3 Å². The third-order valence-corrected chi connectivity index (χ3v) is 6.28. The lowest BCUT2D eigenvalue weighted by atomic mass is 9.94. The van der Waals surface area contributed by atoms with Crippen molar-refractivity contribution in [3.63, 3.8) is 0 Å². The fourth-order valence-corrected chi connectivity index (χ4v) is 3.95. The van der Waals surface area contributed by atoms with Crippen molar-refractivity contribution in [3.8, 4) is 0 Å². The summed E-state index contributed by atoms with van der Waals surface area (Å²) in [5, 5.41) is 9.05. The minimum atomic E-state index is -3.61. The van der Waals surface area contributed by atoms with Crippen molar-refractivity contribution in [2.75, 3.05) is 7.05 Å². The van der Waals surface area contributed by atoms with Gasteiger partial charge in [-0.05, 0) is 53.6 Å². The predicted octanol–water partition coefficient (Wildman–Crippen LogP) is 2.16. The standard InChI is InChI=1S/C12H14INO4S/c1-14(8-3-2-4-8)19(17,18)9-5-6-11(13)10(7-9)12(15)16/h5-8H,2-4H2,1H3,(H,15,16). The number of aromatic carboxylic acids is 1. The number of sulfonamides is 1. The Morgan fingerprint density at radius 3 is 2.53 bits per heavy atom. The maximum Gasteiger partial charge on any atom is 0.336 e. The Morgan fingerprint density at radius 1 is 1.42 bits per heavy atom. The first-order chi connectivity index (χ1) is 8.84. The van der Waals surface area contributed by atoms with Crippen LogP contribution in [0.1, 0.15) is 29.6 Å². The van der Waals surface area contributed by atoms with Gasteiger partial charge in [0.05, 0.1) is 10.5 Å². The molecule has 0 saturated heterocycles. The molecule has 1 aliphatic rings. The molecule has 1 aliphatic carbocycles. The van der Waals surface area contributed by atoms with Crippen molar-refractivity contribution in [1.29, 1.82) is 0 Å². The Morgan fingerprint density at radius 2 is 2.05 bits per heavy atom. The molecular formula is C12H14INO4S. The van der Waals surface area contributed by atoms with Gasteiger partial charge in [-0.2, -0.15) is 4.31 Å². The van der Waals surface area contributed by atoms with Gasteiger partial charge in [0.15, 0.2) is 0 Å². The second-order valence-corrected chi connectivity index (χ2v) is 7.71. The summed E-state index contributed by atoms with van der Waals surface area (Å²) in [4.78, 5) is 11.1. The number of hydrogen-bond acceptors (Lipinski definition) is 3. The number of halogens is 1. The molecule has 1 aromatic rings. The van der Waals surface area contributed by atoms with E-state index in [4.69, 9.17) is 5.11 Å². The summed E-state index contributed by atoms with van der Waals surface area (Å²) in [5.74, 6) is -1.12. The average Bonchev–Trinajstić information content (AvgIpc) is 2.26. The predicted molar refractivity (Wildman–Crippen MR) is 78.7 cm³/mol.